The van der Waals surface area contributed by atoms with Gasteiger partial charge in [-0.25, -0.2) is 8.78 Å². The third-order valence-corrected chi connectivity index (χ3v) is 6.30. The number of carboxylic acid groups (broad SMARTS) is 1. The molecule has 0 heterocycles. The van der Waals surface area contributed by atoms with Crippen LogP contribution in [0.2, 0.25) is 0 Å². The molecule has 1 aliphatic rings. The highest BCUT2D eigenvalue weighted by molar-refractivity contribution is 14.1. The van der Waals surface area contributed by atoms with Gasteiger partial charge in [-0.1, -0.05) is 68.5 Å². The topological polar surface area (TPSA) is 63.3 Å². The van der Waals surface area contributed by atoms with E-state index in [-0.39, 0.29) is 12.3 Å². The summed E-state index contributed by atoms with van der Waals surface area (Å²) in [4.78, 5) is 11.3. The molecule has 3 N–H and O–H groups in total. The fraction of sp³-hybridized carbons (Fsp3) is 0.938. The number of rotatable bonds is 8. The van der Waals surface area contributed by atoms with Crippen molar-refractivity contribution in [3.63, 3.8) is 0 Å². The molecule has 1 rings (SSSR count). The van der Waals surface area contributed by atoms with Crippen LogP contribution in [0.1, 0.15) is 58.8 Å². The maximum atomic E-state index is 14.6. The normalized spacial score (nSPS) is 21.6. The van der Waals surface area contributed by atoms with Crippen molar-refractivity contribution in [3.8, 4) is 0 Å². The van der Waals surface area contributed by atoms with E-state index in [1.807, 2.05) is 0 Å². The Labute approximate surface area is 145 Å². The number of hydrogen-bond acceptors (Lipinski definition) is 2. The average Bonchev–Trinajstić information content (AvgIpc) is 2.44. The van der Waals surface area contributed by atoms with Gasteiger partial charge in [0, 0.05) is 6.04 Å². The fourth-order valence-corrected chi connectivity index (χ4v) is 4.03. The van der Waals surface area contributed by atoms with Gasteiger partial charge in [0.1, 0.15) is 5.92 Å². The molecule has 22 heavy (non-hydrogen) atoms. The van der Waals surface area contributed by atoms with E-state index in [0.29, 0.717) is 12.3 Å². The lowest BCUT2D eigenvalue weighted by atomic mass is 9.82. The van der Waals surface area contributed by atoms with Gasteiger partial charge in [0.25, 0.3) is 5.92 Å². The zero-order valence-electron chi connectivity index (χ0n) is 13.4. The molecule has 0 amide bonds. The highest BCUT2D eigenvalue weighted by Crippen LogP contribution is 2.40. The number of carbonyl (C=O) groups is 1. The van der Waals surface area contributed by atoms with Crippen molar-refractivity contribution in [3.05, 3.63) is 0 Å². The molecule has 0 aromatic rings. The fourth-order valence-electron chi connectivity index (χ4n) is 3.30. The molecule has 0 bridgehead atoms. The molecule has 1 fully saturated rings. The first-order valence-electron chi connectivity index (χ1n) is 8.16. The van der Waals surface area contributed by atoms with Crippen molar-refractivity contribution in [2.45, 2.75) is 74.7 Å². The lowest BCUT2D eigenvalue weighted by Gasteiger charge is -2.34. The molecular weight excluding hydrogens is 403 g/mol. The summed E-state index contributed by atoms with van der Waals surface area (Å²) in [7, 11) is 0. The molecule has 0 radical (unpaired) electrons. The second kappa shape index (κ2) is 8.76. The molecule has 0 saturated heterocycles. The van der Waals surface area contributed by atoms with E-state index in [2.05, 4.69) is 0 Å². The first-order chi connectivity index (χ1) is 10.2. The molecule has 0 aromatic heterocycles. The molecule has 0 aromatic carbocycles. The van der Waals surface area contributed by atoms with Gasteiger partial charge in [-0.2, -0.15) is 0 Å². The Morgan fingerprint density at radius 2 is 1.86 bits per heavy atom. The highest BCUT2D eigenvalue weighted by atomic mass is 127. The third-order valence-electron chi connectivity index (χ3n) is 4.54. The van der Waals surface area contributed by atoms with Crippen LogP contribution in [0, 0.1) is 17.8 Å². The molecule has 1 aliphatic carbocycles. The Morgan fingerprint density at radius 1 is 1.32 bits per heavy atom. The predicted octanol–water partition coefficient (Wildman–Crippen LogP) is 4.47. The van der Waals surface area contributed by atoms with E-state index in [4.69, 9.17) is 5.73 Å². The summed E-state index contributed by atoms with van der Waals surface area (Å²) in [6.07, 6.45) is 6.14. The lowest BCUT2D eigenvalue weighted by Crippen LogP contribution is -2.50. The van der Waals surface area contributed by atoms with Crippen molar-refractivity contribution < 1.29 is 18.7 Å². The van der Waals surface area contributed by atoms with E-state index in [1.54, 1.807) is 36.4 Å². The minimum absolute atomic E-state index is 0.0298. The predicted molar refractivity (Wildman–Crippen MR) is 92.5 cm³/mol. The maximum absolute atomic E-state index is 14.6. The van der Waals surface area contributed by atoms with Gasteiger partial charge in [-0.05, 0) is 24.7 Å². The Kier molecular flexibility index (Phi) is 7.99. The summed E-state index contributed by atoms with van der Waals surface area (Å²) in [5.41, 5.74) is 6.02. The standard InChI is InChI=1S/C16H28F2INO2/c1-10(2)8-12(15(21)22)16(17,18)14(19)13(20)9-11-6-4-3-5-7-11/h10-14H,3-9,20H2,1-2H3,(H,21,22)/t12-,13-,14-/m1/s1. The molecule has 3 nitrogen and oxygen atoms in total. The van der Waals surface area contributed by atoms with Crippen LogP contribution >= 0.6 is 22.6 Å². The van der Waals surface area contributed by atoms with Crippen molar-refractivity contribution in [1.82, 2.24) is 0 Å². The second-order valence-electron chi connectivity index (χ2n) is 7.00. The molecule has 0 spiro atoms. The summed E-state index contributed by atoms with van der Waals surface area (Å²) in [6.45, 7) is 3.52. The number of aliphatic carboxylic acids is 1. The molecule has 6 heteroatoms. The van der Waals surface area contributed by atoms with Crippen molar-refractivity contribution in [1.29, 1.82) is 0 Å². The number of carboxylic acids is 1. The van der Waals surface area contributed by atoms with Gasteiger partial charge in [-0.15, -0.1) is 0 Å². The number of halogens is 3. The van der Waals surface area contributed by atoms with Gasteiger partial charge >= 0.3 is 5.97 Å². The van der Waals surface area contributed by atoms with E-state index in [0.717, 1.165) is 25.7 Å². The summed E-state index contributed by atoms with van der Waals surface area (Å²) in [5.74, 6) is -6.06. The van der Waals surface area contributed by atoms with Crippen molar-refractivity contribution in [2.75, 3.05) is 0 Å². The number of hydrogen-bond donors (Lipinski definition) is 2. The first kappa shape index (κ1) is 20.1. The molecule has 3 atom stereocenters. The van der Waals surface area contributed by atoms with E-state index < -0.39 is 27.8 Å². The maximum Gasteiger partial charge on any atom is 0.312 e. The van der Waals surface area contributed by atoms with Gasteiger partial charge < -0.3 is 10.8 Å². The largest absolute Gasteiger partial charge is 0.481 e. The Balaban J connectivity index is 2.72. The van der Waals surface area contributed by atoms with Crippen LogP contribution in [0.25, 0.3) is 0 Å². The Morgan fingerprint density at radius 3 is 2.32 bits per heavy atom. The van der Waals surface area contributed by atoms with E-state index >= 15 is 0 Å². The smallest absolute Gasteiger partial charge is 0.312 e. The van der Waals surface area contributed by atoms with Crippen LogP contribution in [0.4, 0.5) is 8.78 Å². The SMILES string of the molecule is CC(C)C[C@H](C(=O)O)C(F)(F)[C@H](I)[C@H](N)CC1CCCCC1. The first-order valence-corrected chi connectivity index (χ1v) is 9.41. The van der Waals surface area contributed by atoms with Crippen LogP contribution < -0.4 is 5.73 Å². The lowest BCUT2D eigenvalue weighted by molar-refractivity contribution is -0.158. The molecule has 0 unspecified atom stereocenters. The zero-order valence-corrected chi connectivity index (χ0v) is 15.6. The number of alkyl halides is 3. The summed E-state index contributed by atoms with van der Waals surface area (Å²) < 4.78 is 28.1. The van der Waals surface area contributed by atoms with E-state index in [1.165, 1.54) is 6.42 Å². The Bertz CT molecular complexity index is 360. The van der Waals surface area contributed by atoms with Gasteiger partial charge in [0.2, 0.25) is 0 Å². The van der Waals surface area contributed by atoms with E-state index in [9.17, 15) is 18.7 Å². The average molecular weight is 431 g/mol. The summed E-state index contributed by atoms with van der Waals surface area (Å²) in [6, 6.07) is -0.660. The third kappa shape index (κ3) is 5.58. The summed E-state index contributed by atoms with van der Waals surface area (Å²) in [5, 5.41) is 9.19. The van der Waals surface area contributed by atoms with Gasteiger partial charge in [-0.3, -0.25) is 4.79 Å². The molecule has 130 valence electrons. The molecular formula is C16H28F2INO2. The molecule has 1 saturated carbocycles. The number of nitrogens with two attached hydrogens (primary N) is 1. The minimum atomic E-state index is -3.29. The van der Waals surface area contributed by atoms with Crippen LogP contribution in [-0.2, 0) is 4.79 Å². The Hall–Kier alpha value is 0.0200. The van der Waals surface area contributed by atoms with Crippen LogP contribution in [0.3, 0.4) is 0 Å². The molecule has 0 aliphatic heterocycles. The highest BCUT2D eigenvalue weighted by Gasteiger charge is 2.51. The minimum Gasteiger partial charge on any atom is -0.481 e. The van der Waals surface area contributed by atoms with Crippen molar-refractivity contribution >= 4 is 28.6 Å². The van der Waals surface area contributed by atoms with Crippen LogP contribution in [0.15, 0.2) is 0 Å². The zero-order chi connectivity index (χ0) is 16.9. The second-order valence-corrected chi connectivity index (χ2v) is 8.34. The van der Waals surface area contributed by atoms with Crippen molar-refractivity contribution in [2.24, 2.45) is 23.5 Å². The quantitative estimate of drug-likeness (QED) is 0.441. The van der Waals surface area contributed by atoms with Crippen LogP contribution in [-0.4, -0.2) is 27.0 Å². The van der Waals surface area contributed by atoms with Crippen LogP contribution in [0.5, 0.6) is 0 Å². The van der Waals surface area contributed by atoms with Gasteiger partial charge in [0.05, 0.1) is 3.92 Å². The monoisotopic (exact) mass is 431 g/mol. The summed E-state index contributed by atoms with van der Waals surface area (Å²) >= 11 is 1.66. The van der Waals surface area contributed by atoms with Gasteiger partial charge in [0.15, 0.2) is 0 Å².